The highest BCUT2D eigenvalue weighted by Crippen LogP contribution is 2.23. The number of rotatable bonds is 4. The van der Waals surface area contributed by atoms with Gasteiger partial charge in [0.05, 0.1) is 11.1 Å². The smallest absolute Gasteiger partial charge is 0.258 e. The lowest BCUT2D eigenvalue weighted by atomic mass is 10.1. The van der Waals surface area contributed by atoms with E-state index in [1.54, 1.807) is 0 Å². The van der Waals surface area contributed by atoms with Crippen LogP contribution in [0.2, 0.25) is 5.02 Å². The van der Waals surface area contributed by atoms with Crippen LogP contribution >= 0.6 is 11.6 Å². The van der Waals surface area contributed by atoms with Crippen molar-refractivity contribution in [3.05, 3.63) is 63.9 Å². The molecule has 0 bridgehead atoms. The lowest BCUT2D eigenvalue weighted by Gasteiger charge is -2.13. The number of phenols is 1. The van der Waals surface area contributed by atoms with E-state index in [9.17, 15) is 28.2 Å². The molecular weight excluding hydrogens is 335 g/mol. The summed E-state index contributed by atoms with van der Waals surface area (Å²) < 4.78 is 39.7. The van der Waals surface area contributed by atoms with E-state index < -0.39 is 40.8 Å². The van der Waals surface area contributed by atoms with Gasteiger partial charge in [0.25, 0.3) is 5.91 Å². The summed E-state index contributed by atoms with van der Waals surface area (Å²) in [4.78, 5) is 11.8. The molecule has 0 aliphatic carbocycles. The Labute approximate surface area is 134 Å². The maximum atomic E-state index is 13.5. The second-order valence-electron chi connectivity index (χ2n) is 4.68. The Morgan fingerprint density at radius 1 is 1.17 bits per heavy atom. The molecule has 0 fully saturated rings. The Morgan fingerprint density at radius 3 is 2.48 bits per heavy atom. The van der Waals surface area contributed by atoms with Crippen molar-refractivity contribution >= 4 is 17.5 Å². The molecule has 3 N–H and O–H groups in total. The van der Waals surface area contributed by atoms with Crippen LogP contribution in [-0.4, -0.2) is 22.7 Å². The maximum Gasteiger partial charge on any atom is 0.258 e. The van der Waals surface area contributed by atoms with E-state index in [1.807, 2.05) is 0 Å². The van der Waals surface area contributed by atoms with Crippen molar-refractivity contribution in [2.24, 2.45) is 0 Å². The van der Waals surface area contributed by atoms with Crippen molar-refractivity contribution in [1.29, 1.82) is 0 Å². The molecule has 4 nitrogen and oxygen atoms in total. The number of aliphatic hydroxyl groups is 1. The number of hydrogen-bond donors (Lipinski definition) is 3. The number of phenolic OH excluding ortho intramolecular Hbond substituents is 1. The van der Waals surface area contributed by atoms with Crippen LogP contribution in [0.25, 0.3) is 0 Å². The van der Waals surface area contributed by atoms with Crippen molar-refractivity contribution in [2.45, 2.75) is 6.10 Å². The topological polar surface area (TPSA) is 69.6 Å². The van der Waals surface area contributed by atoms with Crippen molar-refractivity contribution < 1.29 is 28.2 Å². The van der Waals surface area contributed by atoms with Crippen LogP contribution in [-0.2, 0) is 0 Å². The average molecular weight is 346 g/mol. The molecule has 0 spiro atoms. The van der Waals surface area contributed by atoms with Crippen molar-refractivity contribution in [2.75, 3.05) is 6.54 Å². The summed E-state index contributed by atoms with van der Waals surface area (Å²) in [6.07, 6.45) is -1.28. The van der Waals surface area contributed by atoms with Gasteiger partial charge in [-0.2, -0.15) is 0 Å². The van der Waals surface area contributed by atoms with Crippen LogP contribution in [0.3, 0.4) is 0 Å². The number of benzene rings is 2. The Morgan fingerprint density at radius 2 is 1.87 bits per heavy atom. The molecule has 122 valence electrons. The van der Waals surface area contributed by atoms with E-state index in [2.05, 4.69) is 5.32 Å². The number of carbonyl (C=O) groups excluding carboxylic acids is 1. The summed E-state index contributed by atoms with van der Waals surface area (Å²) in [7, 11) is 0. The number of halogens is 4. The Kier molecular flexibility index (Phi) is 5.12. The normalized spacial score (nSPS) is 12.0. The lowest BCUT2D eigenvalue weighted by molar-refractivity contribution is 0.0909. The number of nitrogens with one attached hydrogen (secondary N) is 1. The van der Waals surface area contributed by atoms with Gasteiger partial charge in [-0.1, -0.05) is 17.7 Å². The first kappa shape index (κ1) is 17.1. The zero-order chi connectivity index (χ0) is 17.1. The van der Waals surface area contributed by atoms with Gasteiger partial charge < -0.3 is 15.5 Å². The fraction of sp³-hybridized carbons (Fsp3) is 0.133. The summed E-state index contributed by atoms with van der Waals surface area (Å²) >= 11 is 5.51. The largest absolute Gasteiger partial charge is 0.507 e. The molecule has 1 amide bonds. The van der Waals surface area contributed by atoms with Crippen molar-refractivity contribution in [3.63, 3.8) is 0 Å². The first-order chi connectivity index (χ1) is 10.8. The third kappa shape index (κ3) is 3.94. The van der Waals surface area contributed by atoms with Gasteiger partial charge in [0.1, 0.15) is 28.8 Å². The van der Waals surface area contributed by atoms with Crippen molar-refractivity contribution in [1.82, 2.24) is 5.32 Å². The first-order valence-electron chi connectivity index (χ1n) is 6.39. The van der Waals surface area contributed by atoms with Gasteiger partial charge >= 0.3 is 0 Å². The molecule has 1 atom stereocenters. The number of carbonyl (C=O) groups is 1. The van der Waals surface area contributed by atoms with Gasteiger partial charge in [-0.05, 0) is 17.7 Å². The fourth-order valence-electron chi connectivity index (χ4n) is 1.90. The highest BCUT2D eigenvalue weighted by Gasteiger charge is 2.19. The number of aliphatic hydroxyl groups excluding tert-OH is 1. The molecule has 2 rings (SSSR count). The molecule has 0 saturated carbocycles. The van der Waals surface area contributed by atoms with Gasteiger partial charge in [0, 0.05) is 18.7 Å². The SMILES string of the molecule is O=C(NCC(O)c1ccc(Cl)c(F)c1)c1c(O)cc(F)cc1F. The maximum absolute atomic E-state index is 13.5. The molecule has 0 radical (unpaired) electrons. The molecule has 0 aliphatic rings. The standard InChI is InChI=1S/C15H11ClF3NO3/c16-9-2-1-7(3-10(9)18)13(22)6-20-15(23)14-11(19)4-8(17)5-12(14)21/h1-5,13,21-22H,6H2,(H,20,23). The number of hydrogen-bond acceptors (Lipinski definition) is 3. The molecule has 2 aromatic rings. The molecule has 1 unspecified atom stereocenters. The van der Waals surface area contributed by atoms with Crippen LogP contribution in [0, 0.1) is 17.5 Å². The molecular formula is C15H11ClF3NO3. The fourth-order valence-corrected chi connectivity index (χ4v) is 2.02. The third-order valence-corrected chi connectivity index (χ3v) is 3.35. The van der Waals surface area contributed by atoms with E-state index in [0.717, 1.165) is 6.07 Å². The van der Waals surface area contributed by atoms with E-state index in [-0.39, 0.29) is 17.1 Å². The summed E-state index contributed by atoms with van der Waals surface area (Å²) in [5, 5.41) is 21.3. The van der Waals surface area contributed by atoms with Gasteiger partial charge in [-0.25, -0.2) is 13.2 Å². The van der Waals surface area contributed by atoms with Gasteiger partial charge in [0.15, 0.2) is 0 Å². The predicted octanol–water partition coefficient (Wildman–Crippen LogP) is 2.93. The minimum absolute atomic E-state index is 0.122. The Hall–Kier alpha value is -2.25. The molecule has 0 aromatic heterocycles. The highest BCUT2D eigenvalue weighted by molar-refractivity contribution is 6.30. The predicted molar refractivity (Wildman–Crippen MR) is 76.7 cm³/mol. The molecule has 23 heavy (non-hydrogen) atoms. The average Bonchev–Trinajstić information content (AvgIpc) is 2.46. The quantitative estimate of drug-likeness (QED) is 0.798. The van der Waals surface area contributed by atoms with Crippen molar-refractivity contribution in [3.8, 4) is 5.75 Å². The van der Waals surface area contributed by atoms with E-state index in [0.29, 0.717) is 12.1 Å². The minimum Gasteiger partial charge on any atom is -0.507 e. The number of aromatic hydroxyl groups is 1. The Balaban J connectivity index is 2.08. The minimum atomic E-state index is -1.28. The van der Waals surface area contributed by atoms with Gasteiger partial charge in [-0.3, -0.25) is 4.79 Å². The summed E-state index contributed by atoms with van der Waals surface area (Å²) in [6.45, 7) is -0.379. The molecule has 0 heterocycles. The summed E-state index contributed by atoms with van der Waals surface area (Å²) in [5.74, 6) is -4.93. The molecule has 0 saturated heterocycles. The zero-order valence-electron chi connectivity index (χ0n) is 11.5. The Bertz CT molecular complexity index is 732. The van der Waals surface area contributed by atoms with Crippen LogP contribution in [0.1, 0.15) is 22.0 Å². The van der Waals surface area contributed by atoms with Gasteiger partial charge in [-0.15, -0.1) is 0 Å². The second kappa shape index (κ2) is 6.89. The molecule has 8 heteroatoms. The van der Waals surface area contributed by atoms with E-state index in [4.69, 9.17) is 11.6 Å². The number of amides is 1. The lowest BCUT2D eigenvalue weighted by Crippen LogP contribution is -2.29. The van der Waals surface area contributed by atoms with Crippen LogP contribution in [0.15, 0.2) is 30.3 Å². The van der Waals surface area contributed by atoms with Crippen LogP contribution < -0.4 is 5.32 Å². The first-order valence-corrected chi connectivity index (χ1v) is 6.76. The zero-order valence-corrected chi connectivity index (χ0v) is 12.2. The molecule has 2 aromatic carbocycles. The second-order valence-corrected chi connectivity index (χ2v) is 5.09. The van der Waals surface area contributed by atoms with E-state index >= 15 is 0 Å². The highest BCUT2D eigenvalue weighted by atomic mass is 35.5. The summed E-state index contributed by atoms with van der Waals surface area (Å²) in [5.41, 5.74) is -0.600. The monoisotopic (exact) mass is 345 g/mol. The van der Waals surface area contributed by atoms with Gasteiger partial charge in [0.2, 0.25) is 0 Å². The molecule has 0 aliphatic heterocycles. The third-order valence-electron chi connectivity index (χ3n) is 3.05. The van der Waals surface area contributed by atoms with E-state index in [1.165, 1.54) is 12.1 Å². The summed E-state index contributed by atoms with van der Waals surface area (Å²) in [6, 6.07) is 4.62. The van der Waals surface area contributed by atoms with Crippen LogP contribution in [0.5, 0.6) is 5.75 Å². The van der Waals surface area contributed by atoms with Crippen LogP contribution in [0.4, 0.5) is 13.2 Å².